The maximum absolute atomic E-state index is 13.4. The van der Waals surface area contributed by atoms with E-state index >= 15 is 0 Å². The third kappa shape index (κ3) is 2.23. The Morgan fingerprint density at radius 3 is 2.56 bits per heavy atom. The van der Waals surface area contributed by atoms with Gasteiger partial charge in [0.2, 0.25) is 0 Å². The van der Waals surface area contributed by atoms with Crippen molar-refractivity contribution in [1.82, 2.24) is 0 Å². The quantitative estimate of drug-likeness (QED) is 0.820. The van der Waals surface area contributed by atoms with E-state index in [9.17, 15) is 13.9 Å². The smallest absolute Gasteiger partial charge is 0.129 e. The van der Waals surface area contributed by atoms with Crippen LogP contribution in [0.1, 0.15) is 18.4 Å². The van der Waals surface area contributed by atoms with Crippen LogP contribution >= 0.6 is 0 Å². The van der Waals surface area contributed by atoms with Crippen LogP contribution in [0.3, 0.4) is 0 Å². The number of hydrogen-bond acceptors (Lipinski definition) is 2. The monoisotopic (exact) mass is 227 g/mol. The molecule has 1 saturated carbocycles. The lowest BCUT2D eigenvalue weighted by Gasteiger charge is -2.26. The molecular weight excluding hydrogens is 212 g/mol. The van der Waals surface area contributed by atoms with Crippen molar-refractivity contribution in [3.63, 3.8) is 0 Å². The summed E-state index contributed by atoms with van der Waals surface area (Å²) in [5, 5.41) is 10.2. The van der Waals surface area contributed by atoms with Crippen LogP contribution in [0, 0.1) is 17.6 Å². The van der Waals surface area contributed by atoms with E-state index in [0.29, 0.717) is 5.56 Å². The van der Waals surface area contributed by atoms with Gasteiger partial charge < -0.3 is 10.8 Å². The third-order valence-corrected chi connectivity index (χ3v) is 3.20. The van der Waals surface area contributed by atoms with Crippen molar-refractivity contribution in [3.05, 3.63) is 35.4 Å². The molecule has 1 aromatic rings. The van der Waals surface area contributed by atoms with Crippen LogP contribution in [-0.2, 0) is 6.42 Å². The van der Waals surface area contributed by atoms with Crippen LogP contribution in [0.25, 0.3) is 0 Å². The minimum absolute atomic E-state index is 0.106. The van der Waals surface area contributed by atoms with Gasteiger partial charge in [0.05, 0.1) is 5.60 Å². The summed E-state index contributed by atoms with van der Waals surface area (Å²) in [4.78, 5) is 0. The van der Waals surface area contributed by atoms with Gasteiger partial charge in [0, 0.05) is 19.0 Å². The van der Waals surface area contributed by atoms with Gasteiger partial charge in [-0.2, -0.15) is 0 Å². The third-order valence-electron chi connectivity index (χ3n) is 3.20. The molecule has 1 aliphatic carbocycles. The van der Waals surface area contributed by atoms with E-state index in [1.165, 1.54) is 12.1 Å². The Balaban J connectivity index is 2.18. The molecule has 88 valence electrons. The summed E-state index contributed by atoms with van der Waals surface area (Å²) >= 11 is 0. The maximum atomic E-state index is 13.4. The molecule has 16 heavy (non-hydrogen) atoms. The van der Waals surface area contributed by atoms with E-state index in [2.05, 4.69) is 0 Å². The van der Waals surface area contributed by atoms with Crippen LogP contribution in [0.15, 0.2) is 18.2 Å². The van der Waals surface area contributed by atoms with Crippen LogP contribution in [-0.4, -0.2) is 17.3 Å². The molecule has 0 radical (unpaired) electrons. The van der Waals surface area contributed by atoms with Crippen LogP contribution < -0.4 is 5.73 Å². The Labute approximate surface area is 93.1 Å². The Morgan fingerprint density at radius 1 is 1.38 bits per heavy atom. The zero-order valence-electron chi connectivity index (χ0n) is 8.92. The highest BCUT2D eigenvalue weighted by Gasteiger charge is 2.43. The Bertz CT molecular complexity index is 393. The van der Waals surface area contributed by atoms with E-state index in [-0.39, 0.29) is 18.9 Å². The summed E-state index contributed by atoms with van der Waals surface area (Å²) in [6.45, 7) is 0.106. The number of hydrogen-bond donors (Lipinski definition) is 2. The second-order valence-corrected chi connectivity index (χ2v) is 4.49. The Morgan fingerprint density at radius 2 is 2.06 bits per heavy atom. The van der Waals surface area contributed by atoms with Crippen molar-refractivity contribution in [2.75, 3.05) is 6.54 Å². The highest BCUT2D eigenvalue weighted by molar-refractivity contribution is 5.21. The summed E-state index contributed by atoms with van der Waals surface area (Å²) in [6, 6.07) is 3.40. The van der Waals surface area contributed by atoms with Crippen molar-refractivity contribution in [2.45, 2.75) is 24.9 Å². The molecule has 4 heteroatoms. The molecule has 0 saturated heterocycles. The molecule has 0 spiro atoms. The molecule has 0 aromatic heterocycles. The largest absolute Gasteiger partial charge is 0.388 e. The fourth-order valence-electron chi connectivity index (χ4n) is 2.00. The van der Waals surface area contributed by atoms with Gasteiger partial charge in [-0.05, 0) is 30.4 Å². The first-order chi connectivity index (χ1) is 7.55. The molecule has 0 amide bonds. The van der Waals surface area contributed by atoms with Crippen molar-refractivity contribution in [1.29, 1.82) is 0 Å². The normalized spacial score (nSPS) is 19.5. The topological polar surface area (TPSA) is 46.2 Å². The first-order valence-electron chi connectivity index (χ1n) is 5.41. The van der Waals surface area contributed by atoms with Crippen LogP contribution in [0.2, 0.25) is 0 Å². The predicted octanol–water partition coefficient (Wildman–Crippen LogP) is 1.61. The molecule has 1 atom stereocenters. The van der Waals surface area contributed by atoms with Gasteiger partial charge >= 0.3 is 0 Å². The summed E-state index contributed by atoms with van der Waals surface area (Å²) in [7, 11) is 0. The van der Waals surface area contributed by atoms with E-state index in [1.54, 1.807) is 0 Å². The van der Waals surface area contributed by atoms with Crippen LogP contribution in [0.5, 0.6) is 0 Å². The van der Waals surface area contributed by atoms with Gasteiger partial charge in [-0.3, -0.25) is 0 Å². The molecule has 2 nitrogen and oxygen atoms in total. The van der Waals surface area contributed by atoms with Gasteiger partial charge in [-0.15, -0.1) is 0 Å². The maximum Gasteiger partial charge on any atom is 0.129 e. The SMILES string of the molecule is NCC(O)(Cc1ccc(F)cc1F)C1CC1. The standard InChI is InChI=1S/C12H15F2NO/c13-10-4-1-8(11(14)5-10)6-12(16,7-15)9-2-3-9/h1,4-5,9,16H,2-3,6-7,15H2. The molecule has 2 rings (SSSR count). The van der Waals surface area contributed by atoms with Crippen molar-refractivity contribution in [2.24, 2.45) is 11.7 Å². The summed E-state index contributed by atoms with van der Waals surface area (Å²) in [5.41, 5.74) is 4.81. The first-order valence-corrected chi connectivity index (χ1v) is 5.41. The molecular formula is C12H15F2NO. The number of aliphatic hydroxyl groups is 1. The zero-order chi connectivity index (χ0) is 11.8. The fourth-order valence-corrected chi connectivity index (χ4v) is 2.00. The van der Waals surface area contributed by atoms with Gasteiger partial charge in [0.25, 0.3) is 0 Å². The number of rotatable bonds is 4. The predicted molar refractivity (Wildman–Crippen MR) is 56.8 cm³/mol. The lowest BCUT2D eigenvalue weighted by Crippen LogP contribution is -2.42. The number of halogens is 2. The molecule has 1 aliphatic rings. The minimum Gasteiger partial charge on any atom is -0.388 e. The number of nitrogens with two attached hydrogens (primary N) is 1. The lowest BCUT2D eigenvalue weighted by molar-refractivity contribution is 0.0259. The van der Waals surface area contributed by atoms with E-state index in [1.807, 2.05) is 0 Å². The van der Waals surface area contributed by atoms with Gasteiger partial charge in [0.1, 0.15) is 11.6 Å². The molecule has 1 aromatic carbocycles. The highest BCUT2D eigenvalue weighted by atomic mass is 19.1. The average Bonchev–Trinajstić information content (AvgIpc) is 3.06. The van der Waals surface area contributed by atoms with Crippen molar-refractivity contribution >= 4 is 0 Å². The van der Waals surface area contributed by atoms with Crippen molar-refractivity contribution in [3.8, 4) is 0 Å². The summed E-state index contributed by atoms with van der Waals surface area (Å²) in [5.74, 6) is -1.07. The Kier molecular flexibility index (Phi) is 2.95. The molecule has 0 heterocycles. The summed E-state index contributed by atoms with van der Waals surface area (Å²) in [6.07, 6.45) is 2.01. The molecule has 1 fully saturated rings. The average molecular weight is 227 g/mol. The summed E-state index contributed by atoms with van der Waals surface area (Å²) < 4.78 is 26.1. The number of benzene rings is 1. The zero-order valence-corrected chi connectivity index (χ0v) is 8.92. The Hall–Kier alpha value is -1.00. The van der Waals surface area contributed by atoms with Crippen LogP contribution in [0.4, 0.5) is 8.78 Å². The first kappa shape index (κ1) is 11.5. The van der Waals surface area contributed by atoms with E-state index < -0.39 is 17.2 Å². The molecule has 0 bridgehead atoms. The van der Waals surface area contributed by atoms with Gasteiger partial charge in [0.15, 0.2) is 0 Å². The molecule has 3 N–H and O–H groups in total. The van der Waals surface area contributed by atoms with E-state index in [0.717, 1.165) is 18.9 Å². The highest BCUT2D eigenvalue weighted by Crippen LogP contribution is 2.41. The second-order valence-electron chi connectivity index (χ2n) is 4.49. The molecule has 0 aliphatic heterocycles. The van der Waals surface area contributed by atoms with Gasteiger partial charge in [-0.25, -0.2) is 8.78 Å². The lowest BCUT2D eigenvalue weighted by atomic mass is 9.89. The molecule has 1 unspecified atom stereocenters. The van der Waals surface area contributed by atoms with E-state index in [4.69, 9.17) is 5.73 Å². The second kappa shape index (κ2) is 4.11. The van der Waals surface area contributed by atoms with Crippen molar-refractivity contribution < 1.29 is 13.9 Å². The fraction of sp³-hybridized carbons (Fsp3) is 0.500. The minimum atomic E-state index is -1.04. The van der Waals surface area contributed by atoms with Gasteiger partial charge in [-0.1, -0.05) is 6.07 Å².